The molecular formula is C21H26N4O2. The van der Waals surface area contributed by atoms with Gasteiger partial charge in [0.2, 0.25) is 5.91 Å². The van der Waals surface area contributed by atoms with E-state index < -0.39 is 5.60 Å². The Balaban J connectivity index is 1.50. The Hall–Kier alpha value is -2.31. The van der Waals surface area contributed by atoms with Crippen LogP contribution in [0.15, 0.2) is 48.9 Å². The summed E-state index contributed by atoms with van der Waals surface area (Å²) in [5.74, 6) is 0.118. The van der Waals surface area contributed by atoms with E-state index in [0.717, 1.165) is 31.5 Å². The van der Waals surface area contributed by atoms with Crippen LogP contribution in [0.5, 0.6) is 0 Å². The summed E-state index contributed by atoms with van der Waals surface area (Å²) in [4.78, 5) is 26.1. The van der Waals surface area contributed by atoms with Crippen LogP contribution in [0, 0.1) is 0 Å². The van der Waals surface area contributed by atoms with Crippen LogP contribution in [0.25, 0.3) is 0 Å². The van der Waals surface area contributed by atoms with E-state index in [-0.39, 0.29) is 11.9 Å². The van der Waals surface area contributed by atoms with Gasteiger partial charge in [-0.05, 0) is 62.5 Å². The van der Waals surface area contributed by atoms with Crippen molar-refractivity contribution in [2.45, 2.75) is 37.3 Å². The van der Waals surface area contributed by atoms with Gasteiger partial charge in [0.05, 0.1) is 5.69 Å². The van der Waals surface area contributed by atoms with Crippen LogP contribution < -0.4 is 0 Å². The van der Waals surface area contributed by atoms with E-state index in [0.29, 0.717) is 31.6 Å². The number of aromatic nitrogens is 2. The van der Waals surface area contributed by atoms with E-state index in [1.807, 2.05) is 35.2 Å². The molecule has 2 fully saturated rings. The van der Waals surface area contributed by atoms with Crippen LogP contribution >= 0.6 is 0 Å². The van der Waals surface area contributed by atoms with E-state index in [9.17, 15) is 9.90 Å². The van der Waals surface area contributed by atoms with Crippen molar-refractivity contribution < 1.29 is 9.90 Å². The summed E-state index contributed by atoms with van der Waals surface area (Å²) < 4.78 is 0. The minimum atomic E-state index is -0.949. The van der Waals surface area contributed by atoms with Crippen molar-refractivity contribution in [1.29, 1.82) is 0 Å². The van der Waals surface area contributed by atoms with Crippen LogP contribution in [0.1, 0.15) is 43.0 Å². The van der Waals surface area contributed by atoms with Gasteiger partial charge >= 0.3 is 0 Å². The summed E-state index contributed by atoms with van der Waals surface area (Å²) in [6.45, 7) is 2.96. The first kappa shape index (κ1) is 18.1. The van der Waals surface area contributed by atoms with Crippen molar-refractivity contribution in [2.24, 2.45) is 0 Å². The largest absolute Gasteiger partial charge is 0.383 e. The van der Waals surface area contributed by atoms with Gasteiger partial charge in [-0.1, -0.05) is 12.1 Å². The van der Waals surface area contributed by atoms with Gasteiger partial charge < -0.3 is 10.0 Å². The SMILES string of the molecule is O=C(C(c1cccnc1)N1CCCC1)N1CCC(O)(c2ccccn2)CC1. The fourth-order valence-electron chi connectivity index (χ4n) is 4.21. The van der Waals surface area contributed by atoms with E-state index >= 15 is 0 Å². The van der Waals surface area contributed by atoms with E-state index in [4.69, 9.17) is 0 Å². The minimum Gasteiger partial charge on any atom is -0.383 e. The second kappa shape index (κ2) is 7.74. The Labute approximate surface area is 159 Å². The fourth-order valence-corrected chi connectivity index (χ4v) is 4.21. The van der Waals surface area contributed by atoms with Gasteiger partial charge in [0.1, 0.15) is 11.6 Å². The van der Waals surface area contributed by atoms with Crippen molar-refractivity contribution in [2.75, 3.05) is 26.2 Å². The Morgan fingerprint density at radius 3 is 2.44 bits per heavy atom. The van der Waals surface area contributed by atoms with Gasteiger partial charge in [-0.15, -0.1) is 0 Å². The summed E-state index contributed by atoms with van der Waals surface area (Å²) in [5, 5.41) is 11.0. The van der Waals surface area contributed by atoms with E-state index in [1.54, 1.807) is 18.6 Å². The lowest BCUT2D eigenvalue weighted by molar-refractivity contribution is -0.141. The highest BCUT2D eigenvalue weighted by atomic mass is 16.3. The molecule has 2 aliphatic heterocycles. The molecule has 1 unspecified atom stereocenters. The number of pyridine rings is 2. The molecule has 1 N–H and O–H groups in total. The molecule has 4 rings (SSSR count). The average molecular weight is 366 g/mol. The van der Waals surface area contributed by atoms with Gasteiger partial charge in [-0.2, -0.15) is 0 Å². The smallest absolute Gasteiger partial charge is 0.244 e. The zero-order valence-corrected chi connectivity index (χ0v) is 15.5. The van der Waals surface area contributed by atoms with Crippen LogP contribution in [-0.2, 0) is 10.4 Å². The number of aliphatic hydroxyl groups is 1. The Morgan fingerprint density at radius 1 is 1.04 bits per heavy atom. The summed E-state index contributed by atoms with van der Waals surface area (Å²) in [6.07, 6.45) is 8.52. The number of rotatable bonds is 4. The second-order valence-corrected chi connectivity index (χ2v) is 7.50. The lowest BCUT2D eigenvalue weighted by atomic mass is 9.87. The second-order valence-electron chi connectivity index (χ2n) is 7.50. The summed E-state index contributed by atoms with van der Waals surface area (Å²) in [5.41, 5.74) is 0.700. The molecule has 0 radical (unpaired) electrons. The van der Waals surface area contributed by atoms with Crippen molar-refractivity contribution >= 4 is 5.91 Å². The number of likely N-dealkylation sites (tertiary alicyclic amines) is 2. The number of hydrogen-bond acceptors (Lipinski definition) is 5. The molecule has 2 saturated heterocycles. The Bertz CT molecular complexity index is 754. The quantitative estimate of drug-likeness (QED) is 0.898. The predicted octanol–water partition coefficient (Wildman–Crippen LogP) is 2.12. The first-order chi connectivity index (χ1) is 13.2. The molecule has 0 aliphatic carbocycles. The number of carbonyl (C=O) groups excluding carboxylic acids is 1. The normalized spacial score (nSPS) is 21.1. The topological polar surface area (TPSA) is 69.6 Å². The predicted molar refractivity (Wildman–Crippen MR) is 102 cm³/mol. The van der Waals surface area contributed by atoms with Gasteiger partial charge in [0, 0.05) is 31.7 Å². The molecule has 0 saturated carbocycles. The monoisotopic (exact) mass is 366 g/mol. The third kappa shape index (κ3) is 3.73. The molecule has 0 bridgehead atoms. The first-order valence-corrected chi connectivity index (χ1v) is 9.74. The van der Waals surface area contributed by atoms with Gasteiger partial charge in [0.15, 0.2) is 0 Å². The lowest BCUT2D eigenvalue weighted by Gasteiger charge is -2.40. The molecule has 4 heterocycles. The summed E-state index contributed by atoms with van der Waals surface area (Å²) >= 11 is 0. The average Bonchev–Trinajstić information content (AvgIpc) is 3.24. The first-order valence-electron chi connectivity index (χ1n) is 9.74. The third-order valence-electron chi connectivity index (χ3n) is 5.78. The van der Waals surface area contributed by atoms with Crippen molar-refractivity contribution in [1.82, 2.24) is 19.8 Å². The molecule has 2 aromatic heterocycles. The molecule has 27 heavy (non-hydrogen) atoms. The third-order valence-corrected chi connectivity index (χ3v) is 5.78. The van der Waals surface area contributed by atoms with Gasteiger partial charge in [0.25, 0.3) is 0 Å². The maximum Gasteiger partial charge on any atom is 0.244 e. The lowest BCUT2D eigenvalue weighted by Crippen LogP contribution is -2.49. The zero-order valence-electron chi connectivity index (χ0n) is 15.5. The van der Waals surface area contributed by atoms with Crippen molar-refractivity contribution in [3.63, 3.8) is 0 Å². The molecule has 2 aliphatic rings. The molecule has 0 spiro atoms. The van der Waals surface area contributed by atoms with Crippen molar-refractivity contribution in [3.05, 3.63) is 60.2 Å². The highest BCUT2D eigenvalue weighted by molar-refractivity contribution is 5.83. The molecule has 0 aromatic carbocycles. The molecule has 1 amide bonds. The maximum atomic E-state index is 13.4. The standard InChI is InChI=1S/C21H26N4O2/c26-20(19(24-12-3-4-13-24)17-6-5-10-22-16-17)25-14-8-21(27,9-15-25)18-7-1-2-11-23-18/h1-2,5-7,10-11,16,19,27H,3-4,8-9,12-15H2. The van der Waals surface area contributed by atoms with Crippen molar-refractivity contribution in [3.8, 4) is 0 Å². The Kier molecular flexibility index (Phi) is 5.18. The summed E-state index contributed by atoms with van der Waals surface area (Å²) in [6, 6.07) is 9.20. The number of carbonyl (C=O) groups is 1. The van der Waals surface area contributed by atoms with E-state index in [2.05, 4.69) is 14.9 Å². The molecule has 6 heteroatoms. The fraction of sp³-hybridized carbons (Fsp3) is 0.476. The molecular weight excluding hydrogens is 340 g/mol. The molecule has 1 atom stereocenters. The zero-order chi connectivity index (χ0) is 18.7. The molecule has 142 valence electrons. The van der Waals surface area contributed by atoms with Crippen LogP contribution in [-0.4, -0.2) is 57.0 Å². The maximum absolute atomic E-state index is 13.4. The van der Waals surface area contributed by atoms with Crippen LogP contribution in [0.4, 0.5) is 0 Å². The van der Waals surface area contributed by atoms with Gasteiger partial charge in [-0.3, -0.25) is 19.7 Å². The van der Waals surface area contributed by atoms with E-state index in [1.165, 1.54) is 0 Å². The minimum absolute atomic E-state index is 0.118. The summed E-state index contributed by atoms with van der Waals surface area (Å²) in [7, 11) is 0. The molecule has 2 aromatic rings. The number of hydrogen-bond donors (Lipinski definition) is 1. The number of nitrogens with zero attached hydrogens (tertiary/aromatic N) is 4. The highest BCUT2D eigenvalue weighted by Gasteiger charge is 2.39. The van der Waals surface area contributed by atoms with Crippen LogP contribution in [0.3, 0.4) is 0 Å². The van der Waals surface area contributed by atoms with Crippen LogP contribution in [0.2, 0.25) is 0 Å². The number of amides is 1. The molecule has 6 nitrogen and oxygen atoms in total. The van der Waals surface area contributed by atoms with Gasteiger partial charge in [-0.25, -0.2) is 0 Å². The Morgan fingerprint density at radius 2 is 1.81 bits per heavy atom. The number of piperidine rings is 1. The highest BCUT2D eigenvalue weighted by Crippen LogP contribution is 2.34.